The van der Waals surface area contributed by atoms with Gasteiger partial charge >= 0.3 is 0 Å². The van der Waals surface area contributed by atoms with Crippen LogP contribution in [-0.2, 0) is 0 Å². The molecule has 3 nitrogen and oxygen atoms in total. The SMILES string of the molecule is CC(CCNC1CC1)N(C)CCN(C)C. The molecule has 1 fully saturated rings. The Labute approximate surface area is 94.8 Å². The van der Waals surface area contributed by atoms with Crippen LogP contribution in [0.15, 0.2) is 0 Å². The molecule has 0 saturated heterocycles. The third kappa shape index (κ3) is 6.13. The summed E-state index contributed by atoms with van der Waals surface area (Å²) in [6.07, 6.45) is 4.05. The monoisotopic (exact) mass is 213 g/mol. The second kappa shape index (κ2) is 6.46. The summed E-state index contributed by atoms with van der Waals surface area (Å²) in [5, 5.41) is 3.57. The Hall–Kier alpha value is -0.120. The molecule has 1 atom stereocenters. The molecule has 0 aliphatic heterocycles. The maximum atomic E-state index is 3.57. The zero-order valence-corrected chi connectivity index (χ0v) is 10.8. The summed E-state index contributed by atoms with van der Waals surface area (Å²) >= 11 is 0. The molecule has 90 valence electrons. The van der Waals surface area contributed by atoms with Gasteiger partial charge in [-0.1, -0.05) is 0 Å². The van der Waals surface area contributed by atoms with Crippen LogP contribution in [0.1, 0.15) is 26.2 Å². The second-order valence-corrected chi connectivity index (χ2v) is 5.15. The molecule has 0 aromatic carbocycles. The van der Waals surface area contributed by atoms with E-state index in [0.29, 0.717) is 6.04 Å². The van der Waals surface area contributed by atoms with Gasteiger partial charge in [0.25, 0.3) is 0 Å². The first kappa shape index (κ1) is 12.9. The van der Waals surface area contributed by atoms with Crippen molar-refractivity contribution >= 4 is 0 Å². The first-order valence-electron chi connectivity index (χ1n) is 6.18. The van der Waals surface area contributed by atoms with Crippen molar-refractivity contribution in [1.29, 1.82) is 0 Å². The fourth-order valence-electron chi connectivity index (χ4n) is 1.58. The molecule has 1 unspecified atom stereocenters. The van der Waals surface area contributed by atoms with E-state index in [0.717, 1.165) is 19.1 Å². The highest BCUT2D eigenvalue weighted by atomic mass is 15.2. The molecular formula is C12H27N3. The van der Waals surface area contributed by atoms with Crippen molar-refractivity contribution in [1.82, 2.24) is 15.1 Å². The van der Waals surface area contributed by atoms with Crippen LogP contribution in [0.4, 0.5) is 0 Å². The van der Waals surface area contributed by atoms with Gasteiger partial charge in [0.05, 0.1) is 0 Å². The predicted octanol–water partition coefficient (Wildman–Crippen LogP) is 1.01. The maximum absolute atomic E-state index is 3.57. The molecule has 1 N–H and O–H groups in total. The molecule has 0 radical (unpaired) electrons. The largest absolute Gasteiger partial charge is 0.314 e. The minimum atomic E-state index is 0.691. The number of nitrogens with one attached hydrogen (secondary N) is 1. The van der Waals surface area contributed by atoms with E-state index in [-0.39, 0.29) is 0 Å². The van der Waals surface area contributed by atoms with Gasteiger partial charge in [0.15, 0.2) is 0 Å². The summed E-state index contributed by atoms with van der Waals surface area (Å²) in [7, 11) is 6.49. The van der Waals surface area contributed by atoms with E-state index in [9.17, 15) is 0 Å². The lowest BCUT2D eigenvalue weighted by atomic mass is 10.2. The van der Waals surface area contributed by atoms with E-state index in [4.69, 9.17) is 0 Å². The van der Waals surface area contributed by atoms with Gasteiger partial charge in [0.2, 0.25) is 0 Å². The Kier molecular flexibility index (Phi) is 5.58. The van der Waals surface area contributed by atoms with Crippen LogP contribution < -0.4 is 5.32 Å². The van der Waals surface area contributed by atoms with E-state index in [1.807, 2.05) is 0 Å². The van der Waals surface area contributed by atoms with Crippen molar-refractivity contribution in [3.63, 3.8) is 0 Å². The van der Waals surface area contributed by atoms with E-state index in [2.05, 4.69) is 43.2 Å². The summed E-state index contributed by atoms with van der Waals surface area (Å²) in [4.78, 5) is 4.69. The highest BCUT2D eigenvalue weighted by molar-refractivity contribution is 4.81. The van der Waals surface area contributed by atoms with Crippen LogP contribution in [-0.4, -0.2) is 62.7 Å². The fourth-order valence-corrected chi connectivity index (χ4v) is 1.58. The summed E-state index contributed by atoms with van der Waals surface area (Å²) in [6, 6.07) is 1.54. The van der Waals surface area contributed by atoms with E-state index in [1.54, 1.807) is 0 Å². The zero-order valence-electron chi connectivity index (χ0n) is 10.8. The first-order valence-corrected chi connectivity index (χ1v) is 6.18. The lowest BCUT2D eigenvalue weighted by molar-refractivity contribution is 0.219. The van der Waals surface area contributed by atoms with Gasteiger partial charge in [-0.2, -0.15) is 0 Å². The van der Waals surface area contributed by atoms with Crippen LogP contribution in [0.3, 0.4) is 0 Å². The fraction of sp³-hybridized carbons (Fsp3) is 1.00. The Bertz CT molecular complexity index is 166. The normalized spacial score (nSPS) is 18.8. The van der Waals surface area contributed by atoms with Gasteiger partial charge in [-0.15, -0.1) is 0 Å². The topological polar surface area (TPSA) is 18.5 Å². The lowest BCUT2D eigenvalue weighted by Crippen LogP contribution is -2.37. The number of hydrogen-bond acceptors (Lipinski definition) is 3. The van der Waals surface area contributed by atoms with Crippen molar-refractivity contribution in [2.45, 2.75) is 38.3 Å². The minimum Gasteiger partial charge on any atom is -0.314 e. The first-order chi connectivity index (χ1) is 7.09. The molecule has 0 amide bonds. The summed E-state index contributed by atoms with van der Waals surface area (Å²) < 4.78 is 0. The number of hydrogen-bond donors (Lipinski definition) is 1. The Morgan fingerprint density at radius 2 is 1.87 bits per heavy atom. The van der Waals surface area contributed by atoms with Gasteiger partial charge < -0.3 is 15.1 Å². The minimum absolute atomic E-state index is 0.691. The van der Waals surface area contributed by atoms with Gasteiger partial charge in [-0.05, 0) is 53.9 Å². The molecule has 1 aliphatic rings. The third-order valence-electron chi connectivity index (χ3n) is 3.22. The molecular weight excluding hydrogens is 186 g/mol. The van der Waals surface area contributed by atoms with Crippen LogP contribution in [0.5, 0.6) is 0 Å². The molecule has 3 heteroatoms. The van der Waals surface area contributed by atoms with Gasteiger partial charge in [0, 0.05) is 25.2 Å². The van der Waals surface area contributed by atoms with Gasteiger partial charge in [-0.25, -0.2) is 0 Å². The molecule has 1 rings (SSSR count). The van der Waals surface area contributed by atoms with Crippen LogP contribution >= 0.6 is 0 Å². The molecule has 0 aromatic heterocycles. The molecule has 0 heterocycles. The maximum Gasteiger partial charge on any atom is 0.0109 e. The molecule has 15 heavy (non-hydrogen) atoms. The van der Waals surface area contributed by atoms with Crippen molar-refractivity contribution in [3.8, 4) is 0 Å². The van der Waals surface area contributed by atoms with Crippen LogP contribution in [0.25, 0.3) is 0 Å². The van der Waals surface area contributed by atoms with Gasteiger partial charge in [-0.3, -0.25) is 0 Å². The van der Waals surface area contributed by atoms with Crippen molar-refractivity contribution in [2.75, 3.05) is 40.8 Å². The van der Waals surface area contributed by atoms with Gasteiger partial charge in [0.1, 0.15) is 0 Å². The van der Waals surface area contributed by atoms with Crippen molar-refractivity contribution < 1.29 is 0 Å². The Morgan fingerprint density at radius 1 is 1.20 bits per heavy atom. The third-order valence-corrected chi connectivity index (χ3v) is 3.22. The Morgan fingerprint density at radius 3 is 2.40 bits per heavy atom. The number of rotatable bonds is 8. The molecule has 0 bridgehead atoms. The number of likely N-dealkylation sites (N-methyl/N-ethyl adjacent to an activating group) is 2. The quantitative estimate of drug-likeness (QED) is 0.649. The van der Waals surface area contributed by atoms with Crippen molar-refractivity contribution in [3.05, 3.63) is 0 Å². The van der Waals surface area contributed by atoms with Crippen LogP contribution in [0.2, 0.25) is 0 Å². The molecule has 1 saturated carbocycles. The van der Waals surface area contributed by atoms with E-state index < -0.39 is 0 Å². The summed E-state index contributed by atoms with van der Waals surface area (Å²) in [6.45, 7) is 5.82. The zero-order chi connectivity index (χ0) is 11.3. The van der Waals surface area contributed by atoms with Crippen molar-refractivity contribution in [2.24, 2.45) is 0 Å². The lowest BCUT2D eigenvalue weighted by Gasteiger charge is -2.26. The average molecular weight is 213 g/mol. The van der Waals surface area contributed by atoms with E-state index >= 15 is 0 Å². The molecule has 0 aromatic rings. The second-order valence-electron chi connectivity index (χ2n) is 5.15. The molecule has 0 spiro atoms. The van der Waals surface area contributed by atoms with E-state index in [1.165, 1.54) is 25.8 Å². The molecule has 1 aliphatic carbocycles. The highest BCUT2D eigenvalue weighted by Gasteiger charge is 2.20. The summed E-state index contributed by atoms with van der Waals surface area (Å²) in [5.41, 5.74) is 0. The number of nitrogens with zero attached hydrogens (tertiary/aromatic N) is 2. The Balaban J connectivity index is 2.00. The smallest absolute Gasteiger partial charge is 0.0109 e. The standard InChI is InChI=1S/C12H27N3/c1-11(7-8-13-12-5-6-12)15(4)10-9-14(2)3/h11-13H,5-10H2,1-4H3. The van der Waals surface area contributed by atoms with Crippen LogP contribution in [0, 0.1) is 0 Å². The highest BCUT2D eigenvalue weighted by Crippen LogP contribution is 2.18. The average Bonchev–Trinajstić information content (AvgIpc) is 2.97. The predicted molar refractivity (Wildman–Crippen MR) is 66.3 cm³/mol. The summed E-state index contributed by atoms with van der Waals surface area (Å²) in [5.74, 6) is 0.